The van der Waals surface area contributed by atoms with E-state index in [1.165, 1.54) is 89.9 Å². The number of hydrogen-bond acceptors (Lipinski definition) is 7. The molecule has 402 valence electrons. The molecule has 70 heavy (non-hydrogen) atoms. The lowest BCUT2D eigenvalue weighted by Gasteiger charge is -2.30. The Kier molecular flexibility index (Phi) is 47.3. The number of likely N-dealkylation sites (N-methyl/N-ethyl adjacent to an activating group) is 1. The normalized spacial score (nSPS) is 14.6. The summed E-state index contributed by atoms with van der Waals surface area (Å²) in [6.07, 6.45) is 65.3. The van der Waals surface area contributed by atoms with Gasteiger partial charge in [-0.2, -0.15) is 0 Å². The Labute approximate surface area is 430 Å². The minimum absolute atomic E-state index is 0.0404. The van der Waals surface area contributed by atoms with Crippen LogP contribution in [0.25, 0.3) is 0 Å². The van der Waals surface area contributed by atoms with Gasteiger partial charge in [-0.15, -0.1) is 0 Å². The van der Waals surface area contributed by atoms with Crippen molar-refractivity contribution in [3.05, 3.63) is 97.2 Å². The van der Waals surface area contributed by atoms with Crippen LogP contribution in [0.15, 0.2) is 97.2 Å². The first-order valence-electron chi connectivity index (χ1n) is 28.0. The zero-order valence-corrected chi connectivity index (χ0v) is 46.6. The Morgan fingerprint density at radius 2 is 0.929 bits per heavy atom. The summed E-state index contributed by atoms with van der Waals surface area (Å²) in [5.74, 6) is -0.665. The number of nitrogens with one attached hydrogen (secondary N) is 1. The number of nitrogens with zero attached hydrogens (tertiary/aromatic N) is 1. The van der Waals surface area contributed by atoms with Crippen LogP contribution in [0.1, 0.15) is 220 Å². The fraction of sp³-hybridized carbons (Fsp3) is 0.700. The first-order chi connectivity index (χ1) is 33.9. The predicted octanol–water partition coefficient (Wildman–Crippen LogP) is 16.2. The van der Waals surface area contributed by atoms with Crippen LogP contribution in [-0.2, 0) is 27.9 Å². The number of phosphoric acid groups is 1. The van der Waals surface area contributed by atoms with Gasteiger partial charge in [0.1, 0.15) is 19.3 Å². The Bertz CT molecular complexity index is 1520. The summed E-state index contributed by atoms with van der Waals surface area (Å²) in [6, 6.07) is -0.930. The van der Waals surface area contributed by atoms with Crippen molar-refractivity contribution in [2.24, 2.45) is 0 Å². The summed E-state index contributed by atoms with van der Waals surface area (Å²) in [4.78, 5) is 39.7. The lowest BCUT2D eigenvalue weighted by atomic mass is 10.1. The molecule has 9 nitrogen and oxygen atoms in total. The largest absolute Gasteiger partial charge is 0.756 e. The van der Waals surface area contributed by atoms with Crippen LogP contribution < -0.4 is 10.2 Å². The molecule has 3 unspecified atom stereocenters. The second-order valence-corrected chi connectivity index (χ2v) is 21.1. The molecule has 0 radical (unpaired) electrons. The number of esters is 1. The average molecular weight is 997 g/mol. The molecule has 3 atom stereocenters. The summed E-state index contributed by atoms with van der Waals surface area (Å²) in [5.41, 5.74) is 0. The lowest BCUT2D eigenvalue weighted by molar-refractivity contribution is -0.870. The molecule has 1 N–H and O–H groups in total. The van der Waals surface area contributed by atoms with E-state index in [1.54, 1.807) is 6.08 Å². The molecular formula is C60H105N2O7P. The number of unbranched alkanes of at least 4 members (excludes halogenated alkanes) is 19. The van der Waals surface area contributed by atoms with Gasteiger partial charge in [0.15, 0.2) is 0 Å². The van der Waals surface area contributed by atoms with Crippen LogP contribution in [0.3, 0.4) is 0 Å². The van der Waals surface area contributed by atoms with Crippen molar-refractivity contribution >= 4 is 19.7 Å². The second kappa shape index (κ2) is 49.5. The number of carbonyl (C=O) groups is 2. The van der Waals surface area contributed by atoms with Gasteiger partial charge in [-0.25, -0.2) is 0 Å². The zero-order valence-electron chi connectivity index (χ0n) is 45.7. The molecule has 0 aliphatic heterocycles. The highest BCUT2D eigenvalue weighted by molar-refractivity contribution is 7.45. The predicted molar refractivity (Wildman–Crippen MR) is 297 cm³/mol. The number of allylic oxidation sites excluding steroid dienone is 15. The van der Waals surface area contributed by atoms with E-state index in [0.717, 1.165) is 83.5 Å². The van der Waals surface area contributed by atoms with E-state index in [1.807, 2.05) is 39.4 Å². The number of phosphoric ester groups is 1. The third kappa shape index (κ3) is 49.9. The van der Waals surface area contributed by atoms with Crippen molar-refractivity contribution in [2.75, 3.05) is 40.9 Å². The van der Waals surface area contributed by atoms with Crippen LogP contribution in [0.2, 0.25) is 0 Å². The summed E-state index contributed by atoms with van der Waals surface area (Å²) in [6.45, 7) is 6.63. The highest BCUT2D eigenvalue weighted by Gasteiger charge is 2.27. The van der Waals surface area contributed by atoms with Crippen molar-refractivity contribution < 1.29 is 37.3 Å². The van der Waals surface area contributed by atoms with Gasteiger partial charge in [0.2, 0.25) is 5.91 Å². The van der Waals surface area contributed by atoms with E-state index < -0.39 is 32.5 Å². The van der Waals surface area contributed by atoms with Gasteiger partial charge in [0, 0.05) is 12.8 Å². The number of rotatable bonds is 49. The maximum atomic E-state index is 13.4. The van der Waals surface area contributed by atoms with Crippen LogP contribution in [0.5, 0.6) is 0 Å². The van der Waals surface area contributed by atoms with E-state index in [2.05, 4.69) is 99.0 Å². The van der Waals surface area contributed by atoms with Crippen LogP contribution in [0, 0.1) is 0 Å². The minimum atomic E-state index is -4.72. The van der Waals surface area contributed by atoms with Crippen molar-refractivity contribution in [3.8, 4) is 0 Å². The SMILES string of the molecule is CC/C=C\C/C=C\C/C=C\C/C=C\C/C=C\C/C=C\CCC(=O)OC(/C=C/CCCCCCCCCCC)C(COP(=O)([O-])OCC[N+](C)(C)C)NC(=O)CCCCC/C=C\CCCCCCCCC. The van der Waals surface area contributed by atoms with E-state index in [9.17, 15) is 19.0 Å². The average Bonchev–Trinajstić information content (AvgIpc) is 3.32. The monoisotopic (exact) mass is 997 g/mol. The molecule has 10 heteroatoms. The molecule has 0 spiro atoms. The third-order valence-corrected chi connectivity index (χ3v) is 12.7. The van der Waals surface area contributed by atoms with Gasteiger partial charge in [0.05, 0.1) is 33.8 Å². The molecule has 0 aromatic carbocycles. The van der Waals surface area contributed by atoms with Crippen LogP contribution in [-0.4, -0.2) is 69.4 Å². The number of hydrogen-bond donors (Lipinski definition) is 1. The Morgan fingerprint density at radius 1 is 0.514 bits per heavy atom. The van der Waals surface area contributed by atoms with Crippen LogP contribution >= 0.6 is 7.82 Å². The van der Waals surface area contributed by atoms with Crippen molar-refractivity contribution in [3.63, 3.8) is 0 Å². The number of ether oxygens (including phenoxy) is 1. The second-order valence-electron chi connectivity index (χ2n) is 19.7. The third-order valence-electron chi connectivity index (χ3n) is 11.8. The molecule has 0 aliphatic rings. The molecule has 0 aliphatic carbocycles. The fourth-order valence-electron chi connectivity index (χ4n) is 7.42. The molecule has 0 aromatic rings. The molecule has 0 heterocycles. The summed E-state index contributed by atoms with van der Waals surface area (Å²) < 4.78 is 30.1. The highest BCUT2D eigenvalue weighted by Crippen LogP contribution is 2.38. The van der Waals surface area contributed by atoms with Crippen LogP contribution in [0.4, 0.5) is 0 Å². The number of amides is 1. The highest BCUT2D eigenvalue weighted by atomic mass is 31.2. The molecule has 0 saturated heterocycles. The van der Waals surface area contributed by atoms with Crippen molar-refractivity contribution in [1.82, 2.24) is 5.32 Å². The van der Waals surface area contributed by atoms with E-state index in [0.29, 0.717) is 23.9 Å². The minimum Gasteiger partial charge on any atom is -0.756 e. The standard InChI is InChI=1S/C60H105N2O7P/c1-7-10-13-16-19-22-25-27-29-30-31-32-33-35-38-41-44-47-50-53-60(64)69-58(51-48-45-42-39-36-24-21-18-15-12-9-3)57(56-68-70(65,66)67-55-54-62(4,5)6)61-59(63)52-49-46-43-40-37-34-28-26-23-20-17-14-11-8-2/h10,13,19,22,27,29,31-32,34-35,37-38,44,47-48,51,57-58H,7-9,11-12,14-18,20-21,23-26,28,30,33,36,39-43,45-46,49-50,52-56H2,1-6H3,(H-,61,63,65,66)/b13-10-,22-19-,29-27-,32-31-,37-34-,38-35-,47-44-,51-48+. The molecule has 0 fully saturated rings. The van der Waals surface area contributed by atoms with Gasteiger partial charge >= 0.3 is 5.97 Å². The molecule has 0 aromatic heterocycles. The topological polar surface area (TPSA) is 114 Å². The summed E-state index contributed by atoms with van der Waals surface area (Å²) in [7, 11) is 1.12. The quantitative estimate of drug-likeness (QED) is 0.0212. The fourth-order valence-corrected chi connectivity index (χ4v) is 8.15. The Morgan fingerprint density at radius 3 is 1.40 bits per heavy atom. The van der Waals surface area contributed by atoms with Gasteiger partial charge < -0.3 is 28.5 Å². The smallest absolute Gasteiger partial charge is 0.306 e. The number of quaternary nitrogens is 1. The summed E-state index contributed by atoms with van der Waals surface area (Å²) in [5, 5.41) is 2.98. The molecule has 0 saturated carbocycles. The van der Waals surface area contributed by atoms with Gasteiger partial charge in [-0.3, -0.25) is 14.2 Å². The maximum Gasteiger partial charge on any atom is 0.306 e. The molecule has 0 rings (SSSR count). The van der Waals surface area contributed by atoms with Gasteiger partial charge in [-0.05, 0) is 96.0 Å². The van der Waals surface area contributed by atoms with Gasteiger partial charge in [-0.1, -0.05) is 208 Å². The Balaban J connectivity index is 5.49. The molecule has 1 amide bonds. The number of carbonyl (C=O) groups excluding carboxylic acids is 2. The van der Waals surface area contributed by atoms with Crippen molar-refractivity contribution in [1.29, 1.82) is 0 Å². The first-order valence-corrected chi connectivity index (χ1v) is 29.5. The van der Waals surface area contributed by atoms with Gasteiger partial charge in [0.25, 0.3) is 7.82 Å². The van der Waals surface area contributed by atoms with E-state index >= 15 is 0 Å². The molecular weight excluding hydrogens is 892 g/mol. The maximum absolute atomic E-state index is 13.4. The Hall–Kier alpha value is -3.07. The summed E-state index contributed by atoms with van der Waals surface area (Å²) >= 11 is 0. The zero-order chi connectivity index (χ0) is 51.5. The molecule has 0 bridgehead atoms. The van der Waals surface area contributed by atoms with Crippen molar-refractivity contribution in [2.45, 2.75) is 232 Å². The lowest BCUT2D eigenvalue weighted by Crippen LogP contribution is -2.47. The first kappa shape index (κ1) is 66.9. The van der Waals surface area contributed by atoms with E-state index in [-0.39, 0.29) is 25.4 Å². The van der Waals surface area contributed by atoms with E-state index in [4.69, 9.17) is 13.8 Å².